The Labute approximate surface area is 133 Å². The molecule has 1 N–H and O–H groups in total. The SMILES string of the molecule is O=C(Nc1cccc(-c2nnc3n2CCCC3)c1)c1ccco1. The predicted octanol–water partition coefficient (Wildman–Crippen LogP) is 3.13. The van der Waals surface area contributed by atoms with E-state index in [2.05, 4.69) is 20.1 Å². The van der Waals surface area contributed by atoms with Gasteiger partial charge < -0.3 is 14.3 Å². The summed E-state index contributed by atoms with van der Waals surface area (Å²) in [4.78, 5) is 12.1. The third-order valence-electron chi connectivity index (χ3n) is 3.98. The second kappa shape index (κ2) is 5.72. The molecule has 0 fully saturated rings. The number of hydrogen-bond acceptors (Lipinski definition) is 4. The van der Waals surface area contributed by atoms with Crippen LogP contribution < -0.4 is 5.32 Å². The molecule has 4 rings (SSSR count). The number of fused-ring (bicyclic) bond motifs is 1. The maximum absolute atomic E-state index is 12.1. The summed E-state index contributed by atoms with van der Waals surface area (Å²) in [5.41, 5.74) is 1.65. The molecule has 0 unspecified atom stereocenters. The van der Waals surface area contributed by atoms with Crippen LogP contribution in [-0.4, -0.2) is 20.7 Å². The molecule has 6 nitrogen and oxygen atoms in total. The number of amides is 1. The van der Waals surface area contributed by atoms with Crippen molar-refractivity contribution in [2.45, 2.75) is 25.8 Å². The van der Waals surface area contributed by atoms with E-state index >= 15 is 0 Å². The van der Waals surface area contributed by atoms with Crippen LogP contribution in [0.3, 0.4) is 0 Å². The quantitative estimate of drug-likeness (QED) is 0.807. The first-order valence-electron chi connectivity index (χ1n) is 7.68. The van der Waals surface area contributed by atoms with Crippen LogP contribution in [0.5, 0.6) is 0 Å². The maximum Gasteiger partial charge on any atom is 0.291 e. The second-order valence-corrected chi connectivity index (χ2v) is 5.56. The van der Waals surface area contributed by atoms with Gasteiger partial charge in [-0.15, -0.1) is 10.2 Å². The van der Waals surface area contributed by atoms with Crippen molar-refractivity contribution in [1.82, 2.24) is 14.8 Å². The second-order valence-electron chi connectivity index (χ2n) is 5.56. The van der Waals surface area contributed by atoms with Crippen molar-refractivity contribution in [3.05, 3.63) is 54.2 Å². The highest BCUT2D eigenvalue weighted by molar-refractivity contribution is 6.02. The zero-order chi connectivity index (χ0) is 15.6. The largest absolute Gasteiger partial charge is 0.459 e. The van der Waals surface area contributed by atoms with Gasteiger partial charge in [0.2, 0.25) is 0 Å². The highest BCUT2D eigenvalue weighted by atomic mass is 16.3. The van der Waals surface area contributed by atoms with Gasteiger partial charge in [0, 0.05) is 24.2 Å². The summed E-state index contributed by atoms with van der Waals surface area (Å²) in [6.07, 6.45) is 4.76. The van der Waals surface area contributed by atoms with E-state index in [0.717, 1.165) is 43.0 Å². The number of nitrogens with zero attached hydrogens (tertiary/aromatic N) is 3. The summed E-state index contributed by atoms with van der Waals surface area (Å²) >= 11 is 0. The van der Waals surface area contributed by atoms with Gasteiger partial charge in [-0.3, -0.25) is 4.79 Å². The summed E-state index contributed by atoms with van der Waals surface area (Å²) in [6, 6.07) is 11.0. The van der Waals surface area contributed by atoms with E-state index in [0.29, 0.717) is 5.69 Å². The molecule has 1 aromatic carbocycles. The summed E-state index contributed by atoms with van der Waals surface area (Å²) in [5, 5.41) is 11.4. The van der Waals surface area contributed by atoms with Crippen molar-refractivity contribution >= 4 is 11.6 Å². The van der Waals surface area contributed by atoms with Crippen LogP contribution in [0.15, 0.2) is 47.1 Å². The Morgan fingerprint density at radius 2 is 2.13 bits per heavy atom. The van der Waals surface area contributed by atoms with E-state index in [9.17, 15) is 4.79 Å². The van der Waals surface area contributed by atoms with E-state index in [1.807, 2.05) is 24.3 Å². The molecule has 0 spiro atoms. The molecule has 1 aliphatic rings. The highest BCUT2D eigenvalue weighted by Crippen LogP contribution is 2.25. The van der Waals surface area contributed by atoms with E-state index in [-0.39, 0.29) is 11.7 Å². The standard InChI is InChI=1S/C17H16N4O2/c22-17(14-7-4-10-23-14)18-13-6-3-5-12(11-13)16-20-19-15-8-1-2-9-21(15)16/h3-7,10-11H,1-2,8-9H2,(H,18,22). The first kappa shape index (κ1) is 13.8. The van der Waals surface area contributed by atoms with Crippen LogP contribution in [0.1, 0.15) is 29.2 Å². The number of hydrogen-bond donors (Lipinski definition) is 1. The minimum Gasteiger partial charge on any atom is -0.459 e. The number of carbonyl (C=O) groups excluding carboxylic acids is 1. The smallest absolute Gasteiger partial charge is 0.291 e. The minimum absolute atomic E-state index is 0.268. The van der Waals surface area contributed by atoms with Crippen LogP contribution in [0.25, 0.3) is 11.4 Å². The number of anilines is 1. The first-order chi connectivity index (χ1) is 11.3. The van der Waals surface area contributed by atoms with Gasteiger partial charge in [0.25, 0.3) is 5.91 Å². The van der Waals surface area contributed by atoms with Crippen molar-refractivity contribution in [2.24, 2.45) is 0 Å². The van der Waals surface area contributed by atoms with Crippen LogP contribution in [0.2, 0.25) is 0 Å². The number of benzene rings is 1. The molecule has 0 atom stereocenters. The van der Waals surface area contributed by atoms with Crippen LogP contribution in [0, 0.1) is 0 Å². The van der Waals surface area contributed by atoms with Crippen molar-refractivity contribution in [2.75, 3.05) is 5.32 Å². The van der Waals surface area contributed by atoms with E-state index in [4.69, 9.17) is 4.42 Å². The molecule has 3 aromatic rings. The van der Waals surface area contributed by atoms with E-state index in [1.165, 1.54) is 6.26 Å². The molecule has 0 saturated heterocycles. The highest BCUT2D eigenvalue weighted by Gasteiger charge is 2.17. The third-order valence-corrected chi connectivity index (χ3v) is 3.98. The molecule has 0 bridgehead atoms. The fraction of sp³-hybridized carbons (Fsp3) is 0.235. The van der Waals surface area contributed by atoms with Gasteiger partial charge in [-0.1, -0.05) is 12.1 Å². The lowest BCUT2D eigenvalue weighted by Crippen LogP contribution is -2.12. The molecular weight excluding hydrogens is 292 g/mol. The van der Waals surface area contributed by atoms with Crippen LogP contribution in [0.4, 0.5) is 5.69 Å². The molecule has 23 heavy (non-hydrogen) atoms. The fourth-order valence-corrected chi connectivity index (χ4v) is 2.86. The Kier molecular flexibility index (Phi) is 3.42. The number of carbonyl (C=O) groups is 1. The van der Waals surface area contributed by atoms with Gasteiger partial charge in [0.05, 0.1) is 6.26 Å². The van der Waals surface area contributed by atoms with Gasteiger partial charge in [-0.2, -0.15) is 0 Å². The molecule has 1 aliphatic heterocycles. The Morgan fingerprint density at radius 3 is 3.00 bits per heavy atom. The lowest BCUT2D eigenvalue weighted by Gasteiger charge is -2.15. The molecule has 3 heterocycles. The molecular formula is C17H16N4O2. The van der Waals surface area contributed by atoms with Gasteiger partial charge in [-0.25, -0.2) is 0 Å². The van der Waals surface area contributed by atoms with E-state index < -0.39 is 0 Å². The Balaban J connectivity index is 1.62. The topological polar surface area (TPSA) is 73.0 Å². The Bertz CT molecular complexity index is 836. The van der Waals surface area contributed by atoms with Crippen molar-refractivity contribution in [1.29, 1.82) is 0 Å². The third kappa shape index (κ3) is 2.63. The first-order valence-corrected chi connectivity index (χ1v) is 7.68. The molecule has 116 valence electrons. The Morgan fingerprint density at radius 1 is 1.17 bits per heavy atom. The van der Waals surface area contributed by atoms with Gasteiger partial charge in [0.15, 0.2) is 11.6 Å². The summed E-state index contributed by atoms with van der Waals surface area (Å²) in [5.74, 6) is 1.91. The molecule has 2 aromatic heterocycles. The Hall–Kier alpha value is -2.89. The van der Waals surface area contributed by atoms with Crippen molar-refractivity contribution in [3.63, 3.8) is 0 Å². The number of aryl methyl sites for hydroxylation is 1. The number of aromatic nitrogens is 3. The maximum atomic E-state index is 12.1. The average Bonchev–Trinajstić information content (AvgIpc) is 3.25. The molecule has 1 amide bonds. The lowest BCUT2D eigenvalue weighted by atomic mass is 10.1. The van der Waals surface area contributed by atoms with Crippen LogP contribution >= 0.6 is 0 Å². The zero-order valence-electron chi connectivity index (χ0n) is 12.5. The number of nitrogens with one attached hydrogen (secondary N) is 1. The van der Waals surface area contributed by atoms with Gasteiger partial charge >= 0.3 is 0 Å². The molecule has 0 aliphatic carbocycles. The van der Waals surface area contributed by atoms with Crippen LogP contribution in [-0.2, 0) is 13.0 Å². The summed E-state index contributed by atoms with van der Waals surface area (Å²) in [6.45, 7) is 0.945. The lowest BCUT2D eigenvalue weighted by molar-refractivity contribution is 0.0996. The van der Waals surface area contributed by atoms with Crippen molar-refractivity contribution in [3.8, 4) is 11.4 Å². The van der Waals surface area contributed by atoms with Crippen molar-refractivity contribution < 1.29 is 9.21 Å². The normalized spacial score (nSPS) is 13.6. The fourth-order valence-electron chi connectivity index (χ4n) is 2.86. The monoisotopic (exact) mass is 308 g/mol. The minimum atomic E-state index is -0.268. The van der Waals surface area contributed by atoms with Gasteiger partial charge in [0.1, 0.15) is 5.82 Å². The average molecular weight is 308 g/mol. The number of furan rings is 1. The number of rotatable bonds is 3. The van der Waals surface area contributed by atoms with E-state index in [1.54, 1.807) is 12.1 Å². The molecule has 0 saturated carbocycles. The predicted molar refractivity (Wildman–Crippen MR) is 85.1 cm³/mol. The van der Waals surface area contributed by atoms with Gasteiger partial charge in [-0.05, 0) is 37.1 Å². The summed E-state index contributed by atoms with van der Waals surface area (Å²) in [7, 11) is 0. The molecule has 0 radical (unpaired) electrons. The summed E-state index contributed by atoms with van der Waals surface area (Å²) < 4.78 is 7.27. The molecule has 6 heteroatoms. The zero-order valence-corrected chi connectivity index (χ0v) is 12.5.